The van der Waals surface area contributed by atoms with Gasteiger partial charge in [0.25, 0.3) is 0 Å². The Bertz CT molecular complexity index is 902. The highest BCUT2D eigenvalue weighted by Crippen LogP contribution is 2.35. The Balaban J connectivity index is 2.17. The third-order valence-corrected chi connectivity index (χ3v) is 5.09. The second-order valence-corrected chi connectivity index (χ2v) is 6.35. The zero-order valence-electron chi connectivity index (χ0n) is 13.2. The Kier molecular flexibility index (Phi) is 4.00. The van der Waals surface area contributed by atoms with Gasteiger partial charge in [0.2, 0.25) is 0 Å². The quantitative estimate of drug-likeness (QED) is 0.746. The maximum Gasteiger partial charge on any atom is 0.346 e. The normalized spacial score (nSPS) is 10.9. The Labute approximate surface area is 138 Å². The van der Waals surface area contributed by atoms with E-state index in [1.54, 1.807) is 6.92 Å². The summed E-state index contributed by atoms with van der Waals surface area (Å²) in [5, 5.41) is 13.5. The van der Waals surface area contributed by atoms with Crippen molar-refractivity contribution in [3.05, 3.63) is 46.1 Å². The van der Waals surface area contributed by atoms with Crippen molar-refractivity contribution < 1.29 is 9.90 Å². The van der Waals surface area contributed by atoms with Gasteiger partial charge >= 0.3 is 5.97 Å². The number of carboxylic acids is 1. The number of anilines is 2. The molecule has 3 aromatic rings. The lowest BCUT2D eigenvalue weighted by molar-refractivity contribution is 0.0701. The van der Waals surface area contributed by atoms with Gasteiger partial charge in [0, 0.05) is 5.69 Å². The number of nitrogens with one attached hydrogen (secondary N) is 1. The van der Waals surface area contributed by atoms with Crippen molar-refractivity contribution >= 4 is 39.0 Å². The number of carbonyl (C=O) groups is 1. The first-order valence-electron chi connectivity index (χ1n) is 7.35. The van der Waals surface area contributed by atoms with Gasteiger partial charge in [-0.05, 0) is 37.0 Å². The number of hydrogen-bond acceptors (Lipinski definition) is 5. The van der Waals surface area contributed by atoms with Gasteiger partial charge in [-0.2, -0.15) is 0 Å². The lowest BCUT2D eigenvalue weighted by atomic mass is 10.1. The highest BCUT2D eigenvalue weighted by Gasteiger charge is 2.19. The number of aromatic nitrogens is 2. The number of para-hydroxylation sites is 1. The third-order valence-electron chi connectivity index (χ3n) is 3.90. The monoisotopic (exact) mass is 327 g/mol. The Morgan fingerprint density at radius 3 is 2.78 bits per heavy atom. The lowest BCUT2D eigenvalue weighted by Crippen LogP contribution is -2.01. The van der Waals surface area contributed by atoms with Crippen LogP contribution in [-0.2, 0) is 6.42 Å². The summed E-state index contributed by atoms with van der Waals surface area (Å²) in [6.07, 6.45) is 2.37. The van der Waals surface area contributed by atoms with Crippen LogP contribution in [0.5, 0.6) is 0 Å². The fourth-order valence-corrected chi connectivity index (χ4v) is 3.68. The average Bonchev–Trinajstić information content (AvgIpc) is 2.87. The van der Waals surface area contributed by atoms with E-state index in [2.05, 4.69) is 28.3 Å². The Morgan fingerprint density at radius 2 is 2.09 bits per heavy atom. The Hall–Kier alpha value is -2.47. The van der Waals surface area contributed by atoms with Crippen LogP contribution in [0.25, 0.3) is 10.2 Å². The number of thiophene rings is 1. The standard InChI is InChI=1S/C17H17N3O2S/c1-4-11-7-5-6-9(2)13(11)20-15-12-10(3)14(17(21)22)23-16(12)19-8-18-15/h5-8H,4H2,1-3H3,(H,21,22)(H,18,19,20). The number of carboxylic acid groups (broad SMARTS) is 1. The van der Waals surface area contributed by atoms with Crippen LogP contribution >= 0.6 is 11.3 Å². The van der Waals surface area contributed by atoms with E-state index in [-0.39, 0.29) is 0 Å². The van der Waals surface area contributed by atoms with Gasteiger partial charge in [-0.1, -0.05) is 25.1 Å². The molecule has 0 atom stereocenters. The Morgan fingerprint density at radius 1 is 1.30 bits per heavy atom. The van der Waals surface area contributed by atoms with Crippen LogP contribution in [0.4, 0.5) is 11.5 Å². The number of aryl methyl sites for hydroxylation is 3. The van der Waals surface area contributed by atoms with E-state index in [0.29, 0.717) is 21.1 Å². The molecule has 0 unspecified atom stereocenters. The predicted octanol–water partition coefficient (Wildman–Crippen LogP) is 4.31. The summed E-state index contributed by atoms with van der Waals surface area (Å²) in [5.41, 5.74) is 4.05. The molecule has 1 aromatic carbocycles. The summed E-state index contributed by atoms with van der Waals surface area (Å²) in [6.45, 7) is 5.95. The zero-order chi connectivity index (χ0) is 16.6. The second-order valence-electron chi connectivity index (χ2n) is 5.35. The molecule has 118 valence electrons. The van der Waals surface area contributed by atoms with Crippen LogP contribution in [0.15, 0.2) is 24.5 Å². The third kappa shape index (κ3) is 2.66. The number of benzene rings is 1. The number of nitrogens with zero attached hydrogens (tertiary/aromatic N) is 2. The first kappa shape index (κ1) is 15.4. The van der Waals surface area contributed by atoms with Crippen LogP contribution in [0.2, 0.25) is 0 Å². The average molecular weight is 327 g/mol. The van der Waals surface area contributed by atoms with Gasteiger partial charge in [-0.15, -0.1) is 11.3 Å². The van der Waals surface area contributed by atoms with Gasteiger partial charge in [0.15, 0.2) is 0 Å². The molecule has 0 aliphatic heterocycles. The highest BCUT2D eigenvalue weighted by molar-refractivity contribution is 7.20. The van der Waals surface area contributed by atoms with Crippen molar-refractivity contribution in [2.75, 3.05) is 5.32 Å². The van der Waals surface area contributed by atoms with Crippen molar-refractivity contribution in [1.29, 1.82) is 0 Å². The second kappa shape index (κ2) is 5.96. The summed E-state index contributed by atoms with van der Waals surface area (Å²) in [5.74, 6) is -0.276. The van der Waals surface area contributed by atoms with E-state index >= 15 is 0 Å². The largest absolute Gasteiger partial charge is 0.477 e. The van der Waals surface area contributed by atoms with Crippen molar-refractivity contribution in [2.45, 2.75) is 27.2 Å². The molecule has 5 nitrogen and oxygen atoms in total. The number of aromatic carboxylic acids is 1. The van der Waals surface area contributed by atoms with Gasteiger partial charge < -0.3 is 10.4 Å². The molecular formula is C17H17N3O2S. The first-order chi connectivity index (χ1) is 11.0. The van der Waals surface area contributed by atoms with Crippen LogP contribution in [0.1, 0.15) is 33.3 Å². The summed E-state index contributed by atoms with van der Waals surface area (Å²) in [7, 11) is 0. The fraction of sp³-hybridized carbons (Fsp3) is 0.235. The smallest absolute Gasteiger partial charge is 0.346 e. The number of fused-ring (bicyclic) bond motifs is 1. The zero-order valence-corrected chi connectivity index (χ0v) is 14.0. The molecule has 6 heteroatoms. The topological polar surface area (TPSA) is 75.1 Å². The molecule has 23 heavy (non-hydrogen) atoms. The molecule has 2 N–H and O–H groups in total. The molecule has 0 radical (unpaired) electrons. The summed E-state index contributed by atoms with van der Waals surface area (Å²) in [6, 6.07) is 6.16. The minimum atomic E-state index is -0.929. The minimum absolute atomic E-state index is 0.309. The van der Waals surface area contributed by atoms with Crippen molar-refractivity contribution in [3.63, 3.8) is 0 Å². The molecule has 2 heterocycles. The van der Waals surface area contributed by atoms with E-state index in [9.17, 15) is 9.90 Å². The van der Waals surface area contributed by atoms with E-state index < -0.39 is 5.97 Å². The molecule has 0 bridgehead atoms. The molecule has 0 spiro atoms. The molecule has 0 aliphatic carbocycles. The van der Waals surface area contributed by atoms with Crippen LogP contribution < -0.4 is 5.32 Å². The summed E-state index contributed by atoms with van der Waals surface area (Å²) >= 11 is 1.18. The molecule has 0 fully saturated rings. The van der Waals surface area contributed by atoms with Crippen molar-refractivity contribution in [2.24, 2.45) is 0 Å². The van der Waals surface area contributed by atoms with Gasteiger partial charge in [0.1, 0.15) is 21.9 Å². The molecule has 0 aliphatic rings. The van der Waals surface area contributed by atoms with Crippen molar-refractivity contribution in [1.82, 2.24) is 9.97 Å². The molecule has 2 aromatic heterocycles. The molecule has 3 rings (SSSR count). The highest BCUT2D eigenvalue weighted by atomic mass is 32.1. The van der Waals surface area contributed by atoms with Crippen LogP contribution in [0, 0.1) is 13.8 Å². The maximum absolute atomic E-state index is 11.4. The molecule has 0 saturated heterocycles. The van der Waals surface area contributed by atoms with Crippen LogP contribution in [0.3, 0.4) is 0 Å². The van der Waals surface area contributed by atoms with Gasteiger partial charge in [-0.3, -0.25) is 0 Å². The van der Waals surface area contributed by atoms with E-state index in [1.807, 2.05) is 19.1 Å². The van der Waals surface area contributed by atoms with E-state index in [4.69, 9.17) is 0 Å². The molecule has 0 saturated carbocycles. The number of hydrogen-bond donors (Lipinski definition) is 2. The first-order valence-corrected chi connectivity index (χ1v) is 8.17. The summed E-state index contributed by atoms with van der Waals surface area (Å²) < 4.78 is 0. The predicted molar refractivity (Wildman–Crippen MR) is 93.0 cm³/mol. The van der Waals surface area contributed by atoms with Crippen LogP contribution in [-0.4, -0.2) is 21.0 Å². The van der Waals surface area contributed by atoms with E-state index in [1.165, 1.54) is 23.2 Å². The molecular weight excluding hydrogens is 310 g/mol. The van der Waals surface area contributed by atoms with Gasteiger partial charge in [0.05, 0.1) is 5.39 Å². The van der Waals surface area contributed by atoms with E-state index in [0.717, 1.165) is 23.1 Å². The minimum Gasteiger partial charge on any atom is -0.477 e. The van der Waals surface area contributed by atoms with Crippen molar-refractivity contribution in [3.8, 4) is 0 Å². The maximum atomic E-state index is 11.4. The fourth-order valence-electron chi connectivity index (χ4n) is 2.69. The lowest BCUT2D eigenvalue weighted by Gasteiger charge is -2.14. The number of rotatable bonds is 4. The summed E-state index contributed by atoms with van der Waals surface area (Å²) in [4.78, 5) is 20.9. The SMILES string of the molecule is CCc1cccc(C)c1Nc1ncnc2sc(C(=O)O)c(C)c12. The van der Waals surface area contributed by atoms with Gasteiger partial charge in [-0.25, -0.2) is 14.8 Å². The molecule has 0 amide bonds.